The van der Waals surface area contributed by atoms with Gasteiger partial charge in [-0.25, -0.2) is 9.78 Å². The van der Waals surface area contributed by atoms with E-state index in [4.69, 9.17) is 0 Å². The smallest absolute Gasteiger partial charge is 0.317 e. The zero-order chi connectivity index (χ0) is 16.9. The van der Waals surface area contributed by atoms with Crippen LogP contribution in [0.4, 0.5) is 4.79 Å². The molecule has 8 heteroatoms. The Balaban J connectivity index is 1.44. The number of hydrogen-bond acceptors (Lipinski definition) is 5. The lowest BCUT2D eigenvalue weighted by Gasteiger charge is -2.17. The highest BCUT2D eigenvalue weighted by Crippen LogP contribution is 2.27. The van der Waals surface area contributed by atoms with Gasteiger partial charge in [0.1, 0.15) is 6.33 Å². The van der Waals surface area contributed by atoms with E-state index in [1.807, 2.05) is 4.57 Å². The molecule has 3 rings (SSSR count). The fourth-order valence-electron chi connectivity index (χ4n) is 2.88. The maximum absolute atomic E-state index is 12.2. The van der Waals surface area contributed by atoms with E-state index in [0.717, 1.165) is 36.6 Å². The summed E-state index contributed by atoms with van der Waals surface area (Å²) in [7, 11) is 1.78. The summed E-state index contributed by atoms with van der Waals surface area (Å²) in [4.78, 5) is 19.9. The summed E-state index contributed by atoms with van der Waals surface area (Å²) in [5, 5.41) is 12.1. The number of nitrogens with zero attached hydrogens (tertiary/aromatic N) is 5. The fraction of sp³-hybridized carbons (Fsp3) is 0.625. The van der Waals surface area contributed by atoms with Crippen LogP contribution in [0, 0.1) is 0 Å². The van der Waals surface area contributed by atoms with Gasteiger partial charge in [-0.3, -0.25) is 0 Å². The Bertz CT molecular complexity index is 673. The molecule has 24 heavy (non-hydrogen) atoms. The number of fused-ring (bicyclic) bond motifs is 1. The van der Waals surface area contributed by atoms with Gasteiger partial charge in [0.15, 0.2) is 5.82 Å². The summed E-state index contributed by atoms with van der Waals surface area (Å²) in [6, 6.07) is -0.0925. The number of carbonyl (C=O) groups is 1. The molecule has 1 N–H and O–H groups in total. The Morgan fingerprint density at radius 1 is 1.46 bits per heavy atom. The molecule has 0 spiro atoms. The molecule has 0 atom stereocenters. The molecule has 0 radical (unpaired) electrons. The molecule has 7 nitrogen and oxygen atoms in total. The molecule has 2 aromatic rings. The second-order valence-corrected chi connectivity index (χ2v) is 7.28. The highest BCUT2D eigenvalue weighted by atomic mass is 32.1. The van der Waals surface area contributed by atoms with Gasteiger partial charge in [0.05, 0.1) is 17.2 Å². The monoisotopic (exact) mass is 348 g/mol. The lowest BCUT2D eigenvalue weighted by Crippen LogP contribution is -2.38. The Labute approximate surface area is 146 Å². The molecule has 130 valence electrons. The van der Waals surface area contributed by atoms with E-state index < -0.39 is 0 Å². The number of rotatable bonds is 7. The first-order valence-electron chi connectivity index (χ1n) is 8.50. The SMILES string of the molecule is CCCn1cnnc1CN(C)C(=O)NCCc1nc2c(s1)CCC2. The second-order valence-electron chi connectivity index (χ2n) is 6.11. The van der Waals surface area contributed by atoms with E-state index in [-0.39, 0.29) is 6.03 Å². The van der Waals surface area contributed by atoms with Crippen LogP contribution in [0.25, 0.3) is 0 Å². The number of thiazole rings is 1. The summed E-state index contributed by atoms with van der Waals surface area (Å²) in [5.41, 5.74) is 1.27. The van der Waals surface area contributed by atoms with Gasteiger partial charge in [0, 0.05) is 31.4 Å². The Morgan fingerprint density at radius 2 is 2.33 bits per heavy atom. The Hall–Kier alpha value is -1.96. The average molecular weight is 348 g/mol. The third-order valence-electron chi connectivity index (χ3n) is 4.14. The Kier molecular flexibility index (Phi) is 5.44. The molecule has 2 heterocycles. The lowest BCUT2D eigenvalue weighted by molar-refractivity contribution is 0.205. The molecule has 0 saturated carbocycles. The summed E-state index contributed by atoms with van der Waals surface area (Å²) in [6.07, 6.45) is 7.03. The number of aryl methyl sites for hydroxylation is 3. The molecule has 0 unspecified atom stereocenters. The number of hydrogen-bond donors (Lipinski definition) is 1. The molecule has 0 saturated heterocycles. The Morgan fingerprint density at radius 3 is 3.12 bits per heavy atom. The van der Waals surface area contributed by atoms with Gasteiger partial charge in [0.25, 0.3) is 0 Å². The topological polar surface area (TPSA) is 75.9 Å². The van der Waals surface area contributed by atoms with Crippen LogP contribution in [0.15, 0.2) is 6.33 Å². The summed E-state index contributed by atoms with van der Waals surface area (Å²) in [5.74, 6) is 0.811. The summed E-state index contributed by atoms with van der Waals surface area (Å²) >= 11 is 1.80. The first-order valence-corrected chi connectivity index (χ1v) is 9.32. The first-order chi connectivity index (χ1) is 11.7. The van der Waals surface area contributed by atoms with Crippen LogP contribution in [0.1, 0.15) is 41.2 Å². The number of urea groups is 1. The van der Waals surface area contributed by atoms with Gasteiger partial charge in [-0.15, -0.1) is 21.5 Å². The van der Waals surface area contributed by atoms with E-state index in [1.165, 1.54) is 23.4 Å². The van der Waals surface area contributed by atoms with Crippen molar-refractivity contribution >= 4 is 17.4 Å². The van der Waals surface area contributed by atoms with Crippen molar-refractivity contribution in [2.24, 2.45) is 0 Å². The lowest BCUT2D eigenvalue weighted by atomic mass is 10.3. The predicted molar refractivity (Wildman–Crippen MR) is 93.0 cm³/mol. The summed E-state index contributed by atoms with van der Waals surface area (Å²) < 4.78 is 1.99. The van der Waals surface area contributed by atoms with Crippen molar-refractivity contribution < 1.29 is 4.79 Å². The standard InChI is InChI=1S/C16H24N6OS/c1-3-9-22-11-18-20-14(22)10-21(2)16(23)17-8-7-15-19-12-5-4-6-13(12)24-15/h11H,3-10H2,1-2H3,(H,17,23). The van der Waals surface area contributed by atoms with Crippen molar-refractivity contribution in [2.75, 3.05) is 13.6 Å². The van der Waals surface area contributed by atoms with Crippen LogP contribution < -0.4 is 5.32 Å². The molecular formula is C16H24N6OS. The van der Waals surface area contributed by atoms with Crippen molar-refractivity contribution in [1.29, 1.82) is 0 Å². The van der Waals surface area contributed by atoms with Crippen LogP contribution in [0.3, 0.4) is 0 Å². The van der Waals surface area contributed by atoms with Crippen LogP contribution in [-0.2, 0) is 32.4 Å². The highest BCUT2D eigenvalue weighted by Gasteiger charge is 2.17. The number of aromatic nitrogens is 4. The molecule has 1 aliphatic rings. The normalized spacial score (nSPS) is 13.1. The van der Waals surface area contributed by atoms with Gasteiger partial charge < -0.3 is 14.8 Å². The highest BCUT2D eigenvalue weighted by molar-refractivity contribution is 7.11. The van der Waals surface area contributed by atoms with E-state index in [2.05, 4.69) is 27.4 Å². The molecule has 2 amide bonds. The number of carbonyl (C=O) groups excluding carboxylic acids is 1. The number of amides is 2. The summed E-state index contributed by atoms with van der Waals surface area (Å²) in [6.45, 7) is 4.04. The van der Waals surface area contributed by atoms with Crippen molar-refractivity contribution in [3.8, 4) is 0 Å². The van der Waals surface area contributed by atoms with Crippen molar-refractivity contribution in [3.63, 3.8) is 0 Å². The van der Waals surface area contributed by atoms with E-state index in [1.54, 1.807) is 29.6 Å². The van der Waals surface area contributed by atoms with Gasteiger partial charge in [-0.1, -0.05) is 6.92 Å². The molecule has 0 fully saturated rings. The minimum Gasteiger partial charge on any atom is -0.338 e. The minimum atomic E-state index is -0.0925. The largest absolute Gasteiger partial charge is 0.338 e. The predicted octanol–water partition coefficient (Wildman–Crippen LogP) is 2.02. The fourth-order valence-corrected chi connectivity index (χ4v) is 4.03. The van der Waals surface area contributed by atoms with Gasteiger partial charge >= 0.3 is 6.03 Å². The van der Waals surface area contributed by atoms with E-state index >= 15 is 0 Å². The van der Waals surface area contributed by atoms with Crippen LogP contribution >= 0.6 is 11.3 Å². The zero-order valence-electron chi connectivity index (χ0n) is 14.3. The maximum atomic E-state index is 12.2. The average Bonchev–Trinajstić information content (AvgIpc) is 3.24. The van der Waals surface area contributed by atoms with Gasteiger partial charge in [0.2, 0.25) is 0 Å². The number of nitrogens with one attached hydrogen (secondary N) is 1. The quantitative estimate of drug-likeness (QED) is 0.830. The van der Waals surface area contributed by atoms with Crippen molar-refractivity contribution in [1.82, 2.24) is 30.0 Å². The maximum Gasteiger partial charge on any atom is 0.317 e. The van der Waals surface area contributed by atoms with Gasteiger partial charge in [-0.2, -0.15) is 0 Å². The molecule has 0 bridgehead atoms. The molecule has 0 aromatic carbocycles. The van der Waals surface area contributed by atoms with E-state index in [0.29, 0.717) is 13.1 Å². The zero-order valence-corrected chi connectivity index (χ0v) is 15.1. The molecule has 1 aliphatic carbocycles. The van der Waals surface area contributed by atoms with Crippen LogP contribution in [-0.4, -0.2) is 44.3 Å². The third kappa shape index (κ3) is 3.92. The molecule has 0 aliphatic heterocycles. The second kappa shape index (κ2) is 7.74. The molecule has 2 aromatic heterocycles. The van der Waals surface area contributed by atoms with E-state index in [9.17, 15) is 4.79 Å². The van der Waals surface area contributed by atoms with Crippen molar-refractivity contribution in [3.05, 3.63) is 27.7 Å². The van der Waals surface area contributed by atoms with Crippen LogP contribution in [0.5, 0.6) is 0 Å². The minimum absolute atomic E-state index is 0.0925. The molecular weight excluding hydrogens is 324 g/mol. The van der Waals surface area contributed by atoms with Gasteiger partial charge in [-0.05, 0) is 25.7 Å². The first kappa shape index (κ1) is 16.9. The third-order valence-corrected chi connectivity index (χ3v) is 5.36. The van der Waals surface area contributed by atoms with Crippen LogP contribution in [0.2, 0.25) is 0 Å². The van der Waals surface area contributed by atoms with Crippen molar-refractivity contribution in [2.45, 2.75) is 52.1 Å².